The van der Waals surface area contributed by atoms with Gasteiger partial charge in [0, 0.05) is 29.9 Å². The maximum atomic E-state index is 5.62. The van der Waals surface area contributed by atoms with Crippen LogP contribution in [0.4, 0.5) is 5.82 Å². The third kappa shape index (κ3) is 2.79. The van der Waals surface area contributed by atoms with E-state index in [4.69, 9.17) is 19.3 Å². The van der Waals surface area contributed by atoms with Crippen LogP contribution in [-0.4, -0.2) is 54.2 Å². The molecular weight excluding hydrogens is 382 g/mol. The lowest BCUT2D eigenvalue weighted by molar-refractivity contribution is 0.349. The molecule has 0 unspecified atom stereocenters. The van der Waals surface area contributed by atoms with Crippen LogP contribution in [0.25, 0.3) is 27.8 Å². The van der Waals surface area contributed by atoms with Crippen molar-refractivity contribution in [2.45, 2.75) is 12.8 Å². The van der Waals surface area contributed by atoms with E-state index >= 15 is 0 Å². The summed E-state index contributed by atoms with van der Waals surface area (Å²) < 4.78 is 18.3. The molecule has 2 aromatic carbocycles. The molecule has 8 heteroatoms. The average Bonchev–Trinajstić information content (AvgIpc) is 3.47. The monoisotopic (exact) mass is 405 g/mol. The molecular formula is C22H23N5O3. The molecule has 0 spiro atoms. The van der Waals surface area contributed by atoms with E-state index in [1.165, 1.54) is 12.8 Å². The number of ether oxygens (including phenoxy) is 3. The molecule has 4 aromatic rings. The Morgan fingerprint density at radius 2 is 1.47 bits per heavy atom. The molecule has 1 fully saturated rings. The van der Waals surface area contributed by atoms with Crippen LogP contribution < -0.4 is 19.1 Å². The quantitative estimate of drug-likeness (QED) is 0.502. The smallest absolute Gasteiger partial charge is 0.189 e. The number of nitrogens with zero attached hydrogens (tertiary/aromatic N) is 5. The number of benzene rings is 2. The SMILES string of the molecule is COc1cc(OC)c(-c2nnc3c4ccccc4c(N4CCCC4)nn23)cc1OC. The summed E-state index contributed by atoms with van der Waals surface area (Å²) in [4.78, 5) is 2.33. The molecule has 3 heterocycles. The second-order valence-corrected chi connectivity index (χ2v) is 7.23. The average molecular weight is 405 g/mol. The first-order chi connectivity index (χ1) is 14.7. The highest BCUT2D eigenvalue weighted by molar-refractivity contribution is 6.00. The lowest BCUT2D eigenvalue weighted by atomic mass is 10.1. The molecule has 5 rings (SSSR count). The van der Waals surface area contributed by atoms with E-state index in [1.807, 2.05) is 18.2 Å². The Bertz CT molecular complexity index is 1230. The van der Waals surface area contributed by atoms with Crippen molar-refractivity contribution < 1.29 is 14.2 Å². The van der Waals surface area contributed by atoms with E-state index < -0.39 is 0 Å². The lowest BCUT2D eigenvalue weighted by Gasteiger charge is -2.19. The van der Waals surface area contributed by atoms with Gasteiger partial charge in [0.2, 0.25) is 0 Å². The molecule has 0 amide bonds. The highest BCUT2D eigenvalue weighted by Crippen LogP contribution is 2.40. The van der Waals surface area contributed by atoms with E-state index in [0.717, 1.165) is 35.2 Å². The summed E-state index contributed by atoms with van der Waals surface area (Å²) in [6.45, 7) is 2.00. The third-order valence-corrected chi connectivity index (χ3v) is 5.60. The lowest BCUT2D eigenvalue weighted by Crippen LogP contribution is -2.20. The van der Waals surface area contributed by atoms with Gasteiger partial charge in [0.15, 0.2) is 28.8 Å². The second-order valence-electron chi connectivity index (χ2n) is 7.23. The minimum atomic E-state index is 0.586. The molecule has 1 aliphatic rings. The van der Waals surface area contributed by atoms with Gasteiger partial charge >= 0.3 is 0 Å². The fraction of sp³-hybridized carbons (Fsp3) is 0.318. The second kappa shape index (κ2) is 7.37. The van der Waals surface area contributed by atoms with Crippen LogP contribution in [0.2, 0.25) is 0 Å². The zero-order valence-electron chi connectivity index (χ0n) is 17.3. The van der Waals surface area contributed by atoms with Gasteiger partial charge < -0.3 is 19.1 Å². The van der Waals surface area contributed by atoms with Crippen LogP contribution in [-0.2, 0) is 0 Å². The van der Waals surface area contributed by atoms with Crippen molar-refractivity contribution in [3.63, 3.8) is 0 Å². The zero-order chi connectivity index (χ0) is 20.7. The van der Waals surface area contributed by atoms with Crippen LogP contribution in [0.15, 0.2) is 36.4 Å². The molecule has 2 aromatic heterocycles. The van der Waals surface area contributed by atoms with Gasteiger partial charge in [-0.25, -0.2) is 0 Å². The summed E-state index contributed by atoms with van der Waals surface area (Å²) in [6.07, 6.45) is 2.35. The first-order valence-electron chi connectivity index (χ1n) is 9.94. The van der Waals surface area contributed by atoms with Crippen molar-refractivity contribution in [3.05, 3.63) is 36.4 Å². The van der Waals surface area contributed by atoms with Crippen molar-refractivity contribution in [2.24, 2.45) is 0 Å². The highest BCUT2D eigenvalue weighted by Gasteiger charge is 2.23. The Hall–Kier alpha value is -3.55. The maximum absolute atomic E-state index is 5.62. The maximum Gasteiger partial charge on any atom is 0.189 e. The number of fused-ring (bicyclic) bond motifs is 3. The van der Waals surface area contributed by atoms with Crippen molar-refractivity contribution >= 4 is 22.2 Å². The predicted molar refractivity (Wildman–Crippen MR) is 115 cm³/mol. The number of hydrogen-bond donors (Lipinski definition) is 0. The van der Waals surface area contributed by atoms with Crippen molar-refractivity contribution in [2.75, 3.05) is 39.3 Å². The molecule has 0 aliphatic carbocycles. The van der Waals surface area contributed by atoms with Crippen molar-refractivity contribution in [1.82, 2.24) is 19.8 Å². The Kier molecular flexibility index (Phi) is 4.54. The van der Waals surface area contributed by atoms with Crippen LogP contribution in [0.1, 0.15) is 12.8 Å². The minimum Gasteiger partial charge on any atom is -0.496 e. The van der Waals surface area contributed by atoms with Gasteiger partial charge in [-0.05, 0) is 18.9 Å². The van der Waals surface area contributed by atoms with E-state index in [-0.39, 0.29) is 0 Å². The largest absolute Gasteiger partial charge is 0.496 e. The molecule has 1 aliphatic heterocycles. The van der Waals surface area contributed by atoms with Crippen molar-refractivity contribution in [1.29, 1.82) is 0 Å². The van der Waals surface area contributed by atoms with E-state index in [2.05, 4.69) is 27.2 Å². The third-order valence-electron chi connectivity index (χ3n) is 5.60. The summed E-state index contributed by atoms with van der Waals surface area (Å²) in [6, 6.07) is 11.9. The molecule has 0 bridgehead atoms. The molecule has 0 atom stereocenters. The Morgan fingerprint density at radius 3 is 2.17 bits per heavy atom. The number of aromatic nitrogens is 4. The molecule has 30 heavy (non-hydrogen) atoms. The van der Waals surface area contributed by atoms with Crippen LogP contribution in [0.5, 0.6) is 17.2 Å². The van der Waals surface area contributed by atoms with Crippen LogP contribution in [0, 0.1) is 0 Å². The van der Waals surface area contributed by atoms with E-state index in [0.29, 0.717) is 28.7 Å². The molecule has 1 saturated heterocycles. The molecule has 154 valence electrons. The fourth-order valence-electron chi connectivity index (χ4n) is 4.10. The van der Waals surface area contributed by atoms with Gasteiger partial charge in [-0.2, -0.15) is 4.52 Å². The van der Waals surface area contributed by atoms with E-state index in [9.17, 15) is 0 Å². The first-order valence-corrected chi connectivity index (χ1v) is 9.94. The Morgan fingerprint density at radius 1 is 0.800 bits per heavy atom. The van der Waals surface area contributed by atoms with Gasteiger partial charge in [0.1, 0.15) is 5.75 Å². The van der Waals surface area contributed by atoms with Crippen LogP contribution >= 0.6 is 0 Å². The number of hydrogen-bond acceptors (Lipinski definition) is 7. The molecule has 8 nitrogen and oxygen atoms in total. The number of anilines is 1. The fourth-order valence-corrected chi connectivity index (χ4v) is 4.10. The van der Waals surface area contributed by atoms with Crippen molar-refractivity contribution in [3.8, 4) is 28.6 Å². The minimum absolute atomic E-state index is 0.586. The number of methoxy groups -OCH3 is 3. The summed E-state index contributed by atoms with van der Waals surface area (Å²) in [7, 11) is 4.82. The normalized spacial score (nSPS) is 13.9. The number of rotatable bonds is 5. The Labute approximate surface area is 174 Å². The zero-order valence-corrected chi connectivity index (χ0v) is 17.3. The Balaban J connectivity index is 1.79. The first kappa shape index (κ1) is 18.5. The van der Waals surface area contributed by atoms with E-state index in [1.54, 1.807) is 31.9 Å². The van der Waals surface area contributed by atoms with Gasteiger partial charge in [-0.15, -0.1) is 15.3 Å². The summed E-state index contributed by atoms with van der Waals surface area (Å²) in [5.41, 5.74) is 1.44. The molecule has 0 radical (unpaired) electrons. The van der Waals surface area contributed by atoms with Crippen LogP contribution in [0.3, 0.4) is 0 Å². The highest BCUT2D eigenvalue weighted by atomic mass is 16.5. The summed E-state index contributed by atoms with van der Waals surface area (Å²) in [5, 5.41) is 16.0. The summed E-state index contributed by atoms with van der Waals surface area (Å²) >= 11 is 0. The van der Waals surface area contributed by atoms with Gasteiger partial charge in [-0.3, -0.25) is 0 Å². The van der Waals surface area contributed by atoms with Gasteiger partial charge in [-0.1, -0.05) is 24.3 Å². The van der Waals surface area contributed by atoms with Gasteiger partial charge in [0.25, 0.3) is 0 Å². The summed E-state index contributed by atoms with van der Waals surface area (Å²) in [5.74, 6) is 3.33. The predicted octanol–water partition coefficient (Wildman–Crippen LogP) is 3.57. The van der Waals surface area contributed by atoms with Gasteiger partial charge in [0.05, 0.1) is 26.9 Å². The standard InChI is InChI=1S/C22H23N5O3/c1-28-17-13-19(30-3)18(29-2)12-16(17)21-24-23-20-14-8-4-5-9-15(14)22(25-27(20)21)26-10-6-7-11-26/h4-5,8-9,12-13H,6-7,10-11H2,1-3H3. The topological polar surface area (TPSA) is 74.0 Å². The molecule has 0 N–H and O–H groups in total. The molecule has 0 saturated carbocycles.